The van der Waals surface area contributed by atoms with E-state index in [0.717, 1.165) is 12.1 Å². The van der Waals surface area contributed by atoms with E-state index in [1.54, 1.807) is 18.0 Å². The van der Waals surface area contributed by atoms with Gasteiger partial charge < -0.3 is 9.64 Å². The third kappa shape index (κ3) is 3.50. The van der Waals surface area contributed by atoms with Gasteiger partial charge in [-0.1, -0.05) is 18.2 Å². The zero-order valence-corrected chi connectivity index (χ0v) is 14.1. The number of hydrogen-bond acceptors (Lipinski definition) is 3. The molecule has 0 radical (unpaired) electrons. The van der Waals surface area contributed by atoms with Crippen molar-refractivity contribution in [1.29, 1.82) is 0 Å². The number of carbonyl (C=O) groups excluding carboxylic acids is 1. The molecule has 0 saturated heterocycles. The van der Waals surface area contributed by atoms with Crippen molar-refractivity contribution < 1.29 is 40.3 Å². The molecule has 150 valence electrons. The number of ether oxygens (including phenoxy) is 1. The highest BCUT2D eigenvalue weighted by Gasteiger charge is 2.60. The van der Waals surface area contributed by atoms with Gasteiger partial charge in [-0.2, -0.15) is 26.3 Å². The molecule has 0 aromatic heterocycles. The molecular formula is C18H12F7NO2. The van der Waals surface area contributed by atoms with Gasteiger partial charge in [-0.25, -0.2) is 4.39 Å². The first-order valence-corrected chi connectivity index (χ1v) is 7.87. The van der Waals surface area contributed by atoms with Crippen molar-refractivity contribution in [1.82, 2.24) is 0 Å². The van der Waals surface area contributed by atoms with Gasteiger partial charge in [0.2, 0.25) is 0 Å². The number of fused-ring (bicyclic) bond motifs is 2. The maximum absolute atomic E-state index is 13.7. The highest BCUT2D eigenvalue weighted by atomic mass is 19.4. The van der Waals surface area contributed by atoms with Crippen LogP contribution >= 0.6 is 0 Å². The normalized spacial score (nSPS) is 16.6. The summed E-state index contributed by atoms with van der Waals surface area (Å²) in [5.41, 5.74) is 0.655. The van der Waals surface area contributed by atoms with Crippen molar-refractivity contribution in [2.75, 3.05) is 11.9 Å². The fourth-order valence-corrected chi connectivity index (χ4v) is 3.15. The van der Waals surface area contributed by atoms with E-state index < -0.39 is 36.2 Å². The smallest absolute Gasteiger partial charge is 0.434 e. The van der Waals surface area contributed by atoms with Crippen molar-refractivity contribution in [3.05, 3.63) is 59.4 Å². The summed E-state index contributed by atoms with van der Waals surface area (Å²) in [4.78, 5) is 14.0. The summed E-state index contributed by atoms with van der Waals surface area (Å²) < 4.78 is 94.4. The molecule has 0 saturated carbocycles. The topological polar surface area (TPSA) is 29.5 Å². The SMILES string of the molecule is CN1c2ccccc2C(C(=O)OC(C(F)(F)F)C(F)(F)F)c2cc(F)ccc21. The number of halogens is 7. The summed E-state index contributed by atoms with van der Waals surface area (Å²) in [6.45, 7) is 0. The summed E-state index contributed by atoms with van der Waals surface area (Å²) in [7, 11) is 1.57. The van der Waals surface area contributed by atoms with Gasteiger partial charge in [-0.05, 0) is 35.4 Å². The van der Waals surface area contributed by atoms with Gasteiger partial charge in [0.1, 0.15) is 11.7 Å². The van der Waals surface area contributed by atoms with Crippen LogP contribution in [-0.4, -0.2) is 31.5 Å². The first kappa shape index (κ1) is 20.0. The largest absolute Gasteiger partial charge is 0.442 e. The summed E-state index contributed by atoms with van der Waals surface area (Å²) >= 11 is 0. The lowest BCUT2D eigenvalue weighted by Gasteiger charge is -2.35. The number of anilines is 2. The third-order valence-electron chi connectivity index (χ3n) is 4.34. The van der Waals surface area contributed by atoms with Crippen LogP contribution in [0, 0.1) is 5.82 Å². The number of alkyl halides is 6. The molecule has 2 aromatic carbocycles. The first-order valence-electron chi connectivity index (χ1n) is 7.87. The van der Waals surface area contributed by atoms with Crippen LogP contribution in [0.3, 0.4) is 0 Å². The maximum Gasteiger partial charge on any atom is 0.434 e. The lowest BCUT2D eigenvalue weighted by atomic mass is 9.85. The molecule has 0 amide bonds. The minimum Gasteiger partial charge on any atom is -0.442 e. The molecule has 0 N–H and O–H groups in total. The minimum absolute atomic E-state index is 0.0886. The molecule has 1 aliphatic heterocycles. The number of nitrogens with zero attached hydrogens (tertiary/aromatic N) is 1. The molecule has 3 rings (SSSR count). The average Bonchev–Trinajstić information content (AvgIpc) is 2.58. The van der Waals surface area contributed by atoms with Gasteiger partial charge in [0, 0.05) is 18.4 Å². The molecule has 0 spiro atoms. The van der Waals surface area contributed by atoms with Gasteiger partial charge >= 0.3 is 18.3 Å². The van der Waals surface area contributed by atoms with Crippen LogP contribution in [0.4, 0.5) is 42.1 Å². The molecule has 1 atom stereocenters. The molecule has 3 nitrogen and oxygen atoms in total. The molecule has 0 bridgehead atoms. The highest BCUT2D eigenvalue weighted by Crippen LogP contribution is 2.46. The summed E-state index contributed by atoms with van der Waals surface area (Å²) in [5, 5.41) is 0. The van der Waals surface area contributed by atoms with Crippen LogP contribution in [-0.2, 0) is 9.53 Å². The summed E-state index contributed by atoms with van der Waals surface area (Å²) in [6.07, 6.45) is -16.0. The van der Waals surface area contributed by atoms with Crippen LogP contribution in [0.2, 0.25) is 0 Å². The Morgan fingerprint density at radius 3 is 2.14 bits per heavy atom. The molecule has 28 heavy (non-hydrogen) atoms. The van der Waals surface area contributed by atoms with Crippen molar-refractivity contribution in [2.45, 2.75) is 24.4 Å². The van der Waals surface area contributed by atoms with Crippen LogP contribution < -0.4 is 4.90 Å². The van der Waals surface area contributed by atoms with Crippen LogP contribution in [0.25, 0.3) is 0 Å². The average molecular weight is 407 g/mol. The predicted octanol–water partition coefficient (Wildman–Crippen LogP) is 5.08. The van der Waals surface area contributed by atoms with Crippen LogP contribution in [0.15, 0.2) is 42.5 Å². The number of benzene rings is 2. The van der Waals surface area contributed by atoms with E-state index in [-0.39, 0.29) is 16.8 Å². The number of esters is 1. The van der Waals surface area contributed by atoms with Crippen LogP contribution in [0.5, 0.6) is 0 Å². The standard InChI is InChI=1S/C18H12F7NO2/c1-26-12-5-3-2-4-10(12)14(11-8-9(19)6-7-13(11)26)15(27)28-16(17(20,21)22)18(23,24)25/h2-8,14,16H,1H3. The van der Waals surface area contributed by atoms with E-state index in [1.165, 1.54) is 24.3 Å². The number of carbonyl (C=O) groups is 1. The number of hydrogen-bond donors (Lipinski definition) is 0. The predicted molar refractivity (Wildman–Crippen MR) is 84.7 cm³/mol. The van der Waals surface area contributed by atoms with Gasteiger partial charge in [-0.15, -0.1) is 0 Å². The second-order valence-corrected chi connectivity index (χ2v) is 6.15. The Morgan fingerprint density at radius 1 is 0.964 bits per heavy atom. The quantitative estimate of drug-likeness (QED) is 0.514. The van der Waals surface area contributed by atoms with Gasteiger partial charge in [0.25, 0.3) is 6.10 Å². The molecule has 10 heteroatoms. The van der Waals surface area contributed by atoms with Crippen LogP contribution in [0.1, 0.15) is 17.0 Å². The highest BCUT2D eigenvalue weighted by molar-refractivity contribution is 5.91. The Morgan fingerprint density at radius 2 is 1.54 bits per heavy atom. The Balaban J connectivity index is 2.10. The van der Waals surface area contributed by atoms with E-state index >= 15 is 0 Å². The van der Waals surface area contributed by atoms with Crippen molar-refractivity contribution >= 4 is 17.3 Å². The second-order valence-electron chi connectivity index (χ2n) is 6.15. The Kier molecular flexibility index (Phi) is 4.76. The Labute approximate surface area is 154 Å². The third-order valence-corrected chi connectivity index (χ3v) is 4.34. The van der Waals surface area contributed by atoms with Gasteiger partial charge in [0.15, 0.2) is 0 Å². The van der Waals surface area contributed by atoms with E-state index in [1.807, 2.05) is 0 Å². The van der Waals surface area contributed by atoms with E-state index in [2.05, 4.69) is 4.74 Å². The van der Waals surface area contributed by atoms with Crippen molar-refractivity contribution in [3.63, 3.8) is 0 Å². The second kappa shape index (κ2) is 6.68. The molecule has 1 unspecified atom stereocenters. The maximum atomic E-state index is 13.7. The molecule has 1 aliphatic rings. The minimum atomic E-state index is -5.84. The number of para-hydroxylation sites is 1. The fourth-order valence-electron chi connectivity index (χ4n) is 3.15. The zero-order valence-electron chi connectivity index (χ0n) is 14.1. The van der Waals surface area contributed by atoms with Crippen molar-refractivity contribution in [3.8, 4) is 0 Å². The van der Waals surface area contributed by atoms with Crippen molar-refractivity contribution in [2.24, 2.45) is 0 Å². The fraction of sp³-hybridized carbons (Fsp3) is 0.278. The molecule has 1 heterocycles. The molecule has 0 fully saturated rings. The first-order chi connectivity index (χ1) is 12.9. The van der Waals surface area contributed by atoms with Gasteiger partial charge in [0.05, 0.1) is 0 Å². The van der Waals surface area contributed by atoms with Gasteiger partial charge in [-0.3, -0.25) is 4.79 Å². The lowest BCUT2D eigenvalue weighted by Crippen LogP contribution is -2.46. The Bertz CT molecular complexity index is 894. The molecule has 2 aromatic rings. The van der Waals surface area contributed by atoms with E-state index in [0.29, 0.717) is 5.69 Å². The van der Waals surface area contributed by atoms with E-state index in [9.17, 15) is 35.5 Å². The molecule has 0 aliphatic carbocycles. The Hall–Kier alpha value is -2.78. The lowest BCUT2D eigenvalue weighted by molar-refractivity contribution is -0.313. The summed E-state index contributed by atoms with van der Waals surface area (Å²) in [5.74, 6) is -4.22. The van der Waals surface area contributed by atoms with E-state index in [4.69, 9.17) is 0 Å². The summed E-state index contributed by atoms with van der Waals surface area (Å²) in [6, 6.07) is 9.19. The molecular weight excluding hydrogens is 395 g/mol. The zero-order chi connectivity index (χ0) is 20.9. The monoisotopic (exact) mass is 407 g/mol. The number of rotatable bonds is 2.